The van der Waals surface area contributed by atoms with E-state index < -0.39 is 5.97 Å². The van der Waals surface area contributed by atoms with Crippen LogP contribution in [0.4, 0.5) is 0 Å². The van der Waals surface area contributed by atoms with Crippen molar-refractivity contribution in [3.63, 3.8) is 0 Å². The third-order valence-electron chi connectivity index (χ3n) is 5.15. The van der Waals surface area contributed by atoms with Crippen molar-refractivity contribution < 1.29 is 14.7 Å². The molecule has 0 aliphatic carbocycles. The van der Waals surface area contributed by atoms with E-state index in [2.05, 4.69) is 24.0 Å². The highest BCUT2D eigenvalue weighted by Crippen LogP contribution is 2.24. The van der Waals surface area contributed by atoms with Crippen LogP contribution in [0.3, 0.4) is 0 Å². The average molecular weight is 359 g/mol. The summed E-state index contributed by atoms with van der Waals surface area (Å²) in [6, 6.07) is 2.15. The minimum Gasteiger partial charge on any atom is -0.478 e. The number of carboxylic acid groups (broad SMARTS) is 1. The number of carboxylic acids is 1. The molecule has 0 spiro atoms. The van der Waals surface area contributed by atoms with Gasteiger partial charge in [-0.2, -0.15) is 10.2 Å². The lowest BCUT2D eigenvalue weighted by molar-refractivity contribution is 0.0673. The van der Waals surface area contributed by atoms with Gasteiger partial charge in [-0.15, -0.1) is 0 Å². The van der Waals surface area contributed by atoms with E-state index in [0.29, 0.717) is 18.8 Å². The first-order valence-electron chi connectivity index (χ1n) is 9.15. The Balaban J connectivity index is 1.65. The fraction of sp³-hybridized carbons (Fsp3) is 0.556. The number of likely N-dealkylation sites (tertiary alicyclic amines) is 1. The molecule has 0 radical (unpaired) electrons. The lowest BCUT2D eigenvalue weighted by atomic mass is 10.0. The van der Waals surface area contributed by atoms with Crippen LogP contribution in [0, 0.1) is 0 Å². The molecule has 1 saturated heterocycles. The second kappa shape index (κ2) is 7.72. The lowest BCUT2D eigenvalue weighted by Crippen LogP contribution is -2.40. The Bertz CT molecular complexity index is 769. The number of amides is 1. The highest BCUT2D eigenvalue weighted by Gasteiger charge is 2.28. The van der Waals surface area contributed by atoms with Gasteiger partial charge in [-0.3, -0.25) is 14.2 Å². The fourth-order valence-corrected chi connectivity index (χ4v) is 3.55. The Morgan fingerprint density at radius 1 is 1.23 bits per heavy atom. The van der Waals surface area contributed by atoms with Crippen molar-refractivity contribution in [1.82, 2.24) is 24.5 Å². The Morgan fingerprint density at radius 3 is 2.50 bits per heavy atom. The van der Waals surface area contributed by atoms with E-state index in [1.54, 1.807) is 23.1 Å². The second-order valence-corrected chi connectivity index (χ2v) is 6.67. The summed E-state index contributed by atoms with van der Waals surface area (Å²) in [7, 11) is 0. The maximum absolute atomic E-state index is 12.9. The van der Waals surface area contributed by atoms with Crippen LogP contribution in [0.5, 0.6) is 0 Å². The van der Waals surface area contributed by atoms with Gasteiger partial charge in [0.1, 0.15) is 5.69 Å². The van der Waals surface area contributed by atoms with Crippen molar-refractivity contribution in [1.29, 1.82) is 0 Å². The molecule has 0 aromatic carbocycles. The highest BCUT2D eigenvalue weighted by molar-refractivity contribution is 5.92. The molecule has 3 heterocycles. The quantitative estimate of drug-likeness (QED) is 0.856. The first-order valence-corrected chi connectivity index (χ1v) is 9.15. The number of piperidine rings is 1. The molecule has 1 aliphatic rings. The van der Waals surface area contributed by atoms with Crippen LogP contribution in [0.1, 0.15) is 72.5 Å². The molecule has 8 heteroatoms. The normalized spacial score (nSPS) is 15.6. The molecule has 8 nitrogen and oxygen atoms in total. The van der Waals surface area contributed by atoms with Crippen molar-refractivity contribution >= 4 is 11.9 Å². The largest absolute Gasteiger partial charge is 0.478 e. The molecule has 1 fully saturated rings. The zero-order valence-electron chi connectivity index (χ0n) is 15.2. The van der Waals surface area contributed by atoms with Gasteiger partial charge in [0.15, 0.2) is 0 Å². The summed E-state index contributed by atoms with van der Waals surface area (Å²) < 4.78 is 3.56. The number of aromatic carboxylic acids is 1. The molecule has 140 valence electrons. The lowest BCUT2D eigenvalue weighted by Gasteiger charge is -2.32. The van der Waals surface area contributed by atoms with E-state index in [9.17, 15) is 9.59 Å². The Kier molecular flexibility index (Phi) is 5.39. The average Bonchev–Trinajstić information content (AvgIpc) is 3.32. The van der Waals surface area contributed by atoms with Crippen molar-refractivity contribution in [3.05, 3.63) is 35.9 Å². The van der Waals surface area contributed by atoms with Gasteiger partial charge in [0.05, 0.1) is 23.8 Å². The number of aromatic nitrogens is 4. The summed E-state index contributed by atoms with van der Waals surface area (Å²) in [5.74, 6) is -0.960. The van der Waals surface area contributed by atoms with E-state index in [0.717, 1.165) is 25.7 Å². The third-order valence-corrected chi connectivity index (χ3v) is 5.15. The van der Waals surface area contributed by atoms with Crippen molar-refractivity contribution in [2.75, 3.05) is 13.1 Å². The van der Waals surface area contributed by atoms with Gasteiger partial charge in [0.2, 0.25) is 0 Å². The molecule has 0 saturated carbocycles. The molecule has 1 N–H and O–H groups in total. The molecular weight excluding hydrogens is 334 g/mol. The molecule has 3 rings (SSSR count). The summed E-state index contributed by atoms with van der Waals surface area (Å²) in [5.41, 5.74) is 0.835. The van der Waals surface area contributed by atoms with Gasteiger partial charge in [-0.25, -0.2) is 4.79 Å². The molecule has 26 heavy (non-hydrogen) atoms. The van der Waals surface area contributed by atoms with Gasteiger partial charge in [0.25, 0.3) is 5.91 Å². The number of nitrogens with zero attached hydrogens (tertiary/aromatic N) is 5. The topological polar surface area (TPSA) is 93.2 Å². The van der Waals surface area contributed by atoms with Crippen LogP contribution in [0.2, 0.25) is 0 Å². The fourth-order valence-electron chi connectivity index (χ4n) is 3.55. The maximum Gasteiger partial charge on any atom is 0.338 e. The molecule has 1 aliphatic heterocycles. The minimum atomic E-state index is -0.974. The summed E-state index contributed by atoms with van der Waals surface area (Å²) in [6.07, 6.45) is 8.00. The highest BCUT2D eigenvalue weighted by atomic mass is 16.4. The zero-order valence-corrected chi connectivity index (χ0v) is 15.2. The van der Waals surface area contributed by atoms with Gasteiger partial charge in [0, 0.05) is 25.5 Å². The monoisotopic (exact) mass is 359 g/mol. The van der Waals surface area contributed by atoms with Crippen LogP contribution in [0.15, 0.2) is 24.7 Å². The molecule has 0 bridgehead atoms. The molecular formula is C18H25N5O3. The van der Waals surface area contributed by atoms with Crippen LogP contribution in [-0.4, -0.2) is 54.5 Å². The third kappa shape index (κ3) is 3.49. The van der Waals surface area contributed by atoms with Gasteiger partial charge >= 0.3 is 5.97 Å². The zero-order chi connectivity index (χ0) is 18.7. The molecule has 0 atom stereocenters. The first-order chi connectivity index (χ1) is 12.5. The van der Waals surface area contributed by atoms with E-state index >= 15 is 0 Å². The van der Waals surface area contributed by atoms with E-state index in [4.69, 9.17) is 5.11 Å². The number of carbonyl (C=O) groups is 2. The van der Waals surface area contributed by atoms with Crippen LogP contribution in [0.25, 0.3) is 0 Å². The van der Waals surface area contributed by atoms with E-state index in [1.807, 2.05) is 9.58 Å². The maximum atomic E-state index is 12.9. The summed E-state index contributed by atoms with van der Waals surface area (Å²) in [5, 5.41) is 17.5. The minimum absolute atomic E-state index is 0.0135. The van der Waals surface area contributed by atoms with Crippen molar-refractivity contribution in [2.45, 2.75) is 51.6 Å². The predicted octanol–water partition coefficient (Wildman–Crippen LogP) is 2.62. The van der Waals surface area contributed by atoms with Crippen molar-refractivity contribution in [2.24, 2.45) is 0 Å². The molecule has 2 aromatic rings. The van der Waals surface area contributed by atoms with Crippen LogP contribution >= 0.6 is 0 Å². The predicted molar refractivity (Wildman–Crippen MR) is 95.2 cm³/mol. The van der Waals surface area contributed by atoms with E-state index in [1.165, 1.54) is 6.20 Å². The Labute approximate surface area is 152 Å². The molecule has 0 unspecified atom stereocenters. The number of hydrogen-bond acceptors (Lipinski definition) is 4. The second-order valence-electron chi connectivity index (χ2n) is 6.67. The van der Waals surface area contributed by atoms with Gasteiger partial charge in [-0.1, -0.05) is 13.8 Å². The Morgan fingerprint density at radius 2 is 1.92 bits per heavy atom. The van der Waals surface area contributed by atoms with Gasteiger partial charge < -0.3 is 10.0 Å². The first kappa shape index (κ1) is 18.2. The van der Waals surface area contributed by atoms with E-state index in [-0.39, 0.29) is 23.6 Å². The Hall–Kier alpha value is -2.64. The summed E-state index contributed by atoms with van der Waals surface area (Å²) in [6.45, 7) is 5.45. The molecule has 2 aromatic heterocycles. The standard InChI is InChI=1S/C18H25N5O3/c1-3-14(4-2)23-16(5-8-19-23)17(24)21-9-6-15(7-10-21)22-12-13(11-20-22)18(25)26/h5,8,11-12,14-15H,3-4,6-7,9-10H2,1-2H3,(H,25,26). The van der Waals surface area contributed by atoms with Crippen LogP contribution < -0.4 is 0 Å². The molecule has 1 amide bonds. The van der Waals surface area contributed by atoms with Crippen LogP contribution in [-0.2, 0) is 0 Å². The van der Waals surface area contributed by atoms with Crippen molar-refractivity contribution in [3.8, 4) is 0 Å². The smallest absolute Gasteiger partial charge is 0.338 e. The number of hydrogen-bond donors (Lipinski definition) is 1. The number of carbonyl (C=O) groups excluding carboxylic acids is 1. The number of rotatable bonds is 6. The summed E-state index contributed by atoms with van der Waals surface area (Å²) in [4.78, 5) is 25.8. The SMILES string of the molecule is CCC(CC)n1nccc1C(=O)N1CCC(n2cc(C(=O)O)cn2)CC1. The summed E-state index contributed by atoms with van der Waals surface area (Å²) >= 11 is 0. The van der Waals surface area contributed by atoms with Gasteiger partial charge in [-0.05, 0) is 31.7 Å².